The molecule has 68 valence electrons. The van der Waals surface area contributed by atoms with E-state index < -0.39 is 5.82 Å². The lowest BCUT2D eigenvalue weighted by Gasteiger charge is -2.17. The molecule has 0 saturated heterocycles. The van der Waals surface area contributed by atoms with Crippen LogP contribution in [0.25, 0.3) is 0 Å². The smallest absolute Gasteiger partial charge is 0.254 e. The number of rotatable bonds is 0. The van der Waals surface area contributed by atoms with E-state index in [1.807, 2.05) is 0 Å². The minimum Gasteiger partial charge on any atom is -0.352 e. The zero-order chi connectivity index (χ0) is 9.42. The van der Waals surface area contributed by atoms with Gasteiger partial charge in [0.25, 0.3) is 5.91 Å². The summed E-state index contributed by atoms with van der Waals surface area (Å²) in [5.74, 6) is -0.768. The van der Waals surface area contributed by atoms with E-state index in [1.165, 1.54) is 6.07 Å². The van der Waals surface area contributed by atoms with Crippen LogP contribution in [0.1, 0.15) is 15.9 Å². The maximum atomic E-state index is 13.2. The second-order valence-electron chi connectivity index (χ2n) is 2.89. The van der Waals surface area contributed by atoms with Crippen molar-refractivity contribution in [1.82, 2.24) is 5.32 Å². The fraction of sp³-hybridized carbons (Fsp3) is 0.222. The first-order chi connectivity index (χ1) is 6.20. The zero-order valence-corrected chi connectivity index (χ0v) is 8.32. The highest BCUT2D eigenvalue weighted by atomic mass is 79.9. The lowest BCUT2D eigenvalue weighted by Crippen LogP contribution is -2.33. The van der Waals surface area contributed by atoms with Crippen molar-refractivity contribution in [3.63, 3.8) is 0 Å². The third kappa shape index (κ3) is 1.35. The molecule has 0 spiro atoms. The number of hydrogen-bond acceptors (Lipinski definition) is 1. The van der Waals surface area contributed by atoms with Crippen LogP contribution in [-0.4, -0.2) is 12.5 Å². The van der Waals surface area contributed by atoms with Gasteiger partial charge in [-0.25, -0.2) is 4.39 Å². The monoisotopic (exact) mass is 243 g/mol. The Morgan fingerprint density at radius 3 is 2.92 bits per heavy atom. The summed E-state index contributed by atoms with van der Waals surface area (Å²) in [4.78, 5) is 11.3. The summed E-state index contributed by atoms with van der Waals surface area (Å²) < 4.78 is 14.0. The summed E-state index contributed by atoms with van der Waals surface area (Å²) in [5.41, 5.74) is 0.948. The maximum absolute atomic E-state index is 13.2. The van der Waals surface area contributed by atoms with Gasteiger partial charge < -0.3 is 5.32 Å². The number of halogens is 2. The van der Waals surface area contributed by atoms with E-state index in [2.05, 4.69) is 21.2 Å². The molecule has 0 saturated carbocycles. The first kappa shape index (κ1) is 8.69. The summed E-state index contributed by atoms with van der Waals surface area (Å²) in [6, 6.07) is 2.93. The van der Waals surface area contributed by atoms with Crippen LogP contribution in [0, 0.1) is 5.82 Å². The van der Waals surface area contributed by atoms with Crippen LogP contribution in [0.3, 0.4) is 0 Å². The van der Waals surface area contributed by atoms with Gasteiger partial charge in [0.05, 0.1) is 5.56 Å². The van der Waals surface area contributed by atoms with Crippen LogP contribution >= 0.6 is 15.9 Å². The molecule has 13 heavy (non-hydrogen) atoms. The SMILES string of the molecule is O=C1NCCc2c(Br)ccc(F)c21. The van der Waals surface area contributed by atoms with Crippen LogP contribution < -0.4 is 5.32 Å². The van der Waals surface area contributed by atoms with Crippen molar-refractivity contribution in [2.24, 2.45) is 0 Å². The van der Waals surface area contributed by atoms with Gasteiger partial charge in [0.2, 0.25) is 0 Å². The number of carbonyl (C=O) groups is 1. The van der Waals surface area contributed by atoms with Gasteiger partial charge in [-0.05, 0) is 24.1 Å². The average molecular weight is 244 g/mol. The number of benzene rings is 1. The van der Waals surface area contributed by atoms with Gasteiger partial charge in [0.15, 0.2) is 0 Å². The molecule has 2 nitrogen and oxygen atoms in total. The fourth-order valence-electron chi connectivity index (χ4n) is 1.47. The second kappa shape index (κ2) is 3.10. The Morgan fingerprint density at radius 1 is 1.46 bits per heavy atom. The molecule has 1 aliphatic heterocycles. The zero-order valence-electron chi connectivity index (χ0n) is 6.73. The second-order valence-corrected chi connectivity index (χ2v) is 3.74. The predicted molar refractivity (Wildman–Crippen MR) is 50.1 cm³/mol. The van der Waals surface area contributed by atoms with Gasteiger partial charge in [-0.2, -0.15) is 0 Å². The summed E-state index contributed by atoms with van der Waals surface area (Å²) >= 11 is 3.30. The molecule has 0 atom stereocenters. The highest BCUT2D eigenvalue weighted by Crippen LogP contribution is 2.25. The van der Waals surface area contributed by atoms with E-state index in [0.717, 1.165) is 10.0 Å². The Bertz CT molecular complexity index is 378. The van der Waals surface area contributed by atoms with E-state index in [4.69, 9.17) is 0 Å². The molecule has 0 aromatic heterocycles. The number of amides is 1. The van der Waals surface area contributed by atoms with Gasteiger partial charge >= 0.3 is 0 Å². The van der Waals surface area contributed by atoms with Crippen LogP contribution in [-0.2, 0) is 6.42 Å². The molecule has 1 aliphatic rings. The molecule has 1 aromatic rings. The summed E-state index contributed by atoms with van der Waals surface area (Å²) in [6.45, 7) is 0.577. The van der Waals surface area contributed by atoms with Crippen molar-refractivity contribution in [2.75, 3.05) is 6.54 Å². The molecular formula is C9H7BrFNO. The van der Waals surface area contributed by atoms with E-state index in [0.29, 0.717) is 13.0 Å². The summed E-state index contributed by atoms with van der Waals surface area (Å²) in [6.07, 6.45) is 0.680. The lowest BCUT2D eigenvalue weighted by molar-refractivity contribution is 0.0941. The van der Waals surface area contributed by atoms with Crippen molar-refractivity contribution in [1.29, 1.82) is 0 Å². The van der Waals surface area contributed by atoms with Gasteiger partial charge in [-0.15, -0.1) is 0 Å². The minimum absolute atomic E-state index is 0.181. The average Bonchev–Trinajstić information content (AvgIpc) is 2.12. The number of hydrogen-bond donors (Lipinski definition) is 1. The van der Waals surface area contributed by atoms with Crippen molar-refractivity contribution < 1.29 is 9.18 Å². The van der Waals surface area contributed by atoms with Crippen molar-refractivity contribution in [3.8, 4) is 0 Å². The lowest BCUT2D eigenvalue weighted by atomic mass is 10.0. The van der Waals surface area contributed by atoms with Gasteiger partial charge in [0, 0.05) is 11.0 Å². The Kier molecular flexibility index (Phi) is 2.07. The highest BCUT2D eigenvalue weighted by Gasteiger charge is 2.22. The number of fused-ring (bicyclic) bond motifs is 1. The molecule has 1 heterocycles. The molecule has 1 amide bonds. The van der Waals surface area contributed by atoms with E-state index in [-0.39, 0.29) is 11.5 Å². The van der Waals surface area contributed by atoms with Crippen LogP contribution in [0.4, 0.5) is 4.39 Å². The summed E-state index contributed by atoms with van der Waals surface area (Å²) in [7, 11) is 0. The molecule has 2 rings (SSSR count). The van der Waals surface area contributed by atoms with Gasteiger partial charge in [-0.3, -0.25) is 4.79 Å². The van der Waals surface area contributed by atoms with Crippen molar-refractivity contribution in [3.05, 3.63) is 33.5 Å². The molecule has 1 aromatic carbocycles. The highest BCUT2D eigenvalue weighted by molar-refractivity contribution is 9.10. The minimum atomic E-state index is -0.449. The molecule has 1 N–H and O–H groups in total. The Labute approximate surface area is 83.3 Å². The van der Waals surface area contributed by atoms with E-state index in [9.17, 15) is 9.18 Å². The van der Waals surface area contributed by atoms with Crippen LogP contribution in [0.5, 0.6) is 0 Å². The molecule has 0 fully saturated rings. The predicted octanol–water partition coefficient (Wildman–Crippen LogP) is 1.87. The van der Waals surface area contributed by atoms with Crippen LogP contribution in [0.2, 0.25) is 0 Å². The quantitative estimate of drug-likeness (QED) is 0.741. The fourth-order valence-corrected chi connectivity index (χ4v) is 2.00. The van der Waals surface area contributed by atoms with Crippen molar-refractivity contribution >= 4 is 21.8 Å². The topological polar surface area (TPSA) is 29.1 Å². The van der Waals surface area contributed by atoms with E-state index in [1.54, 1.807) is 6.07 Å². The molecular weight excluding hydrogens is 237 g/mol. The van der Waals surface area contributed by atoms with Crippen LogP contribution in [0.15, 0.2) is 16.6 Å². The molecule has 0 aliphatic carbocycles. The number of nitrogens with one attached hydrogen (secondary N) is 1. The normalized spacial score (nSPS) is 15.1. The molecule has 0 radical (unpaired) electrons. The first-order valence-electron chi connectivity index (χ1n) is 3.95. The third-order valence-electron chi connectivity index (χ3n) is 2.09. The van der Waals surface area contributed by atoms with Crippen molar-refractivity contribution in [2.45, 2.75) is 6.42 Å². The Balaban J connectivity index is 2.67. The standard InChI is InChI=1S/C9H7BrFNO/c10-6-1-2-7(11)8-5(6)3-4-12-9(8)13/h1-2H,3-4H2,(H,12,13). The molecule has 0 unspecified atom stereocenters. The van der Waals surface area contributed by atoms with Gasteiger partial charge in [-0.1, -0.05) is 15.9 Å². The first-order valence-corrected chi connectivity index (χ1v) is 4.74. The Morgan fingerprint density at radius 2 is 2.23 bits per heavy atom. The largest absolute Gasteiger partial charge is 0.352 e. The molecule has 4 heteroatoms. The number of carbonyl (C=O) groups excluding carboxylic acids is 1. The van der Waals surface area contributed by atoms with E-state index >= 15 is 0 Å². The summed E-state index contributed by atoms with van der Waals surface area (Å²) in [5, 5.41) is 2.61. The Hall–Kier alpha value is -0.900. The maximum Gasteiger partial charge on any atom is 0.254 e. The van der Waals surface area contributed by atoms with Gasteiger partial charge in [0.1, 0.15) is 5.82 Å². The molecule has 0 bridgehead atoms. The third-order valence-corrected chi connectivity index (χ3v) is 2.84.